The second kappa shape index (κ2) is 11.9. The molecule has 2 fully saturated rings. The largest absolute Gasteiger partial charge is 0.303 e. The Labute approximate surface area is 226 Å². The van der Waals surface area contributed by atoms with Crippen molar-refractivity contribution in [2.24, 2.45) is 11.3 Å². The van der Waals surface area contributed by atoms with E-state index < -0.39 is 0 Å². The Morgan fingerprint density at radius 1 is 0.947 bits per heavy atom. The average molecular weight is 514 g/mol. The first kappa shape index (κ1) is 26.7. The lowest BCUT2D eigenvalue weighted by Crippen LogP contribution is -2.50. The summed E-state index contributed by atoms with van der Waals surface area (Å²) >= 11 is 0. The van der Waals surface area contributed by atoms with Crippen LogP contribution in [0.5, 0.6) is 0 Å². The van der Waals surface area contributed by atoms with Crippen LogP contribution in [-0.2, 0) is 4.79 Å². The molecule has 0 N–H and O–H groups in total. The van der Waals surface area contributed by atoms with Gasteiger partial charge < -0.3 is 4.90 Å². The van der Waals surface area contributed by atoms with Gasteiger partial charge in [-0.25, -0.2) is 4.39 Å². The van der Waals surface area contributed by atoms with Crippen molar-refractivity contribution >= 4 is 22.3 Å². The standard InChI is InChI=1S/C34H40FNO2/c1-2-25-22-31(27-13-15-30(35)16-14-27)34(33(38)23-25)17-20-36(21-18-34)19-7-3-4-10-32(37)29-12-11-26-8-5-6-9-28(26)24-29/h5-6,8-9,11-16,24-25,31H,2-4,7,10,17-23H2,1H3. The van der Waals surface area contributed by atoms with Crippen LogP contribution in [0, 0.1) is 17.2 Å². The van der Waals surface area contributed by atoms with Crippen molar-refractivity contribution in [1.29, 1.82) is 0 Å². The van der Waals surface area contributed by atoms with Crippen molar-refractivity contribution < 1.29 is 14.0 Å². The molecule has 0 aromatic heterocycles. The zero-order valence-electron chi connectivity index (χ0n) is 22.6. The van der Waals surface area contributed by atoms with E-state index in [0.717, 1.165) is 86.5 Å². The number of hydrogen-bond acceptors (Lipinski definition) is 3. The van der Waals surface area contributed by atoms with E-state index in [-0.39, 0.29) is 22.9 Å². The molecule has 2 unspecified atom stereocenters. The molecule has 1 saturated heterocycles. The lowest BCUT2D eigenvalue weighted by Gasteiger charge is -2.50. The molecule has 200 valence electrons. The number of Topliss-reactive ketones (excluding diaryl/α,β-unsaturated/α-hetero) is 2. The highest BCUT2D eigenvalue weighted by atomic mass is 19.1. The number of benzene rings is 3. The first-order valence-corrected chi connectivity index (χ1v) is 14.5. The predicted octanol–water partition coefficient (Wildman–Crippen LogP) is 7.98. The Morgan fingerprint density at radius 2 is 1.68 bits per heavy atom. The number of nitrogens with zero attached hydrogens (tertiary/aromatic N) is 1. The molecule has 2 aliphatic rings. The number of unbranched alkanes of at least 4 members (excludes halogenated alkanes) is 2. The Bertz CT molecular complexity index is 1260. The van der Waals surface area contributed by atoms with E-state index in [0.29, 0.717) is 24.5 Å². The lowest BCUT2D eigenvalue weighted by atomic mass is 9.56. The van der Waals surface area contributed by atoms with Gasteiger partial charge in [0.05, 0.1) is 0 Å². The summed E-state index contributed by atoms with van der Waals surface area (Å²) in [5.74, 6) is 1.06. The minimum absolute atomic E-state index is 0.192. The molecular formula is C34H40FNO2. The molecule has 3 aromatic rings. The second-order valence-corrected chi connectivity index (χ2v) is 11.5. The van der Waals surface area contributed by atoms with Crippen molar-refractivity contribution in [3.8, 4) is 0 Å². The minimum atomic E-state index is -0.299. The molecular weight excluding hydrogens is 473 g/mol. The highest BCUT2D eigenvalue weighted by molar-refractivity contribution is 5.99. The van der Waals surface area contributed by atoms with Crippen LogP contribution in [0.4, 0.5) is 4.39 Å². The van der Waals surface area contributed by atoms with E-state index in [1.54, 1.807) is 12.1 Å². The van der Waals surface area contributed by atoms with E-state index in [9.17, 15) is 14.0 Å². The summed E-state index contributed by atoms with van der Waals surface area (Å²) in [7, 11) is 0. The van der Waals surface area contributed by atoms with E-state index in [1.807, 2.05) is 42.5 Å². The Morgan fingerprint density at radius 3 is 2.42 bits per heavy atom. The quantitative estimate of drug-likeness (QED) is 0.215. The maximum Gasteiger partial charge on any atom is 0.162 e. The van der Waals surface area contributed by atoms with Crippen LogP contribution < -0.4 is 0 Å². The predicted molar refractivity (Wildman–Crippen MR) is 152 cm³/mol. The Kier molecular flexibility index (Phi) is 8.38. The highest BCUT2D eigenvalue weighted by Crippen LogP contribution is 2.53. The van der Waals surface area contributed by atoms with Gasteiger partial charge in [-0.2, -0.15) is 0 Å². The van der Waals surface area contributed by atoms with Crippen LogP contribution in [0.25, 0.3) is 10.8 Å². The Hall–Kier alpha value is -2.85. The summed E-state index contributed by atoms with van der Waals surface area (Å²) in [4.78, 5) is 28.7. The third-order valence-electron chi connectivity index (χ3n) is 9.31. The van der Waals surface area contributed by atoms with Gasteiger partial charge in [-0.1, -0.05) is 68.3 Å². The van der Waals surface area contributed by atoms with Gasteiger partial charge in [0, 0.05) is 23.8 Å². The number of fused-ring (bicyclic) bond motifs is 1. The zero-order valence-corrected chi connectivity index (χ0v) is 22.6. The van der Waals surface area contributed by atoms with Gasteiger partial charge in [-0.05, 0) is 98.1 Å². The van der Waals surface area contributed by atoms with Crippen LogP contribution in [0.3, 0.4) is 0 Å². The van der Waals surface area contributed by atoms with E-state index >= 15 is 0 Å². The third kappa shape index (κ3) is 5.76. The van der Waals surface area contributed by atoms with Crippen molar-refractivity contribution in [2.45, 2.75) is 70.6 Å². The number of likely N-dealkylation sites (tertiary alicyclic amines) is 1. The molecule has 0 bridgehead atoms. The topological polar surface area (TPSA) is 37.4 Å². The summed E-state index contributed by atoms with van der Waals surface area (Å²) in [5.41, 5.74) is 1.64. The maximum atomic E-state index is 13.6. The summed E-state index contributed by atoms with van der Waals surface area (Å²) < 4.78 is 13.6. The van der Waals surface area contributed by atoms with Gasteiger partial charge in [0.1, 0.15) is 11.6 Å². The Balaban J connectivity index is 1.11. The van der Waals surface area contributed by atoms with E-state index in [2.05, 4.69) is 24.0 Å². The third-order valence-corrected chi connectivity index (χ3v) is 9.31. The maximum absolute atomic E-state index is 13.6. The number of ketones is 2. The molecule has 2 atom stereocenters. The number of hydrogen-bond donors (Lipinski definition) is 0. The highest BCUT2D eigenvalue weighted by Gasteiger charge is 2.51. The van der Waals surface area contributed by atoms with Crippen LogP contribution >= 0.6 is 0 Å². The van der Waals surface area contributed by atoms with Crippen LogP contribution in [0.15, 0.2) is 66.7 Å². The summed E-state index contributed by atoms with van der Waals surface area (Å²) in [6, 6.07) is 21.0. The molecule has 3 aromatic carbocycles. The minimum Gasteiger partial charge on any atom is -0.303 e. The molecule has 5 rings (SSSR count). The fourth-order valence-electron chi connectivity index (χ4n) is 6.87. The van der Waals surface area contributed by atoms with Gasteiger partial charge in [0.25, 0.3) is 0 Å². The van der Waals surface area contributed by atoms with Crippen LogP contribution in [-0.4, -0.2) is 36.1 Å². The SMILES string of the molecule is CCC1CC(=O)C2(CCN(CCCCCC(=O)c3ccc4ccccc4c3)CC2)C(c2ccc(F)cc2)C1. The van der Waals surface area contributed by atoms with Crippen molar-refractivity contribution in [3.05, 3.63) is 83.7 Å². The van der Waals surface area contributed by atoms with Gasteiger partial charge in [-0.15, -0.1) is 0 Å². The van der Waals surface area contributed by atoms with Gasteiger partial charge in [0.2, 0.25) is 0 Å². The first-order valence-electron chi connectivity index (χ1n) is 14.5. The second-order valence-electron chi connectivity index (χ2n) is 11.5. The molecule has 1 aliphatic carbocycles. The molecule has 4 heteroatoms. The molecule has 1 aliphatic heterocycles. The fourth-order valence-corrected chi connectivity index (χ4v) is 6.87. The number of carbonyl (C=O) groups excluding carboxylic acids is 2. The molecule has 3 nitrogen and oxygen atoms in total. The van der Waals surface area contributed by atoms with E-state index in [1.165, 1.54) is 0 Å². The number of halogens is 1. The number of rotatable bonds is 9. The molecule has 38 heavy (non-hydrogen) atoms. The first-order chi connectivity index (χ1) is 18.5. The smallest absolute Gasteiger partial charge is 0.162 e. The van der Waals surface area contributed by atoms with Gasteiger partial charge >= 0.3 is 0 Å². The van der Waals surface area contributed by atoms with Gasteiger partial charge in [0.15, 0.2) is 5.78 Å². The average Bonchev–Trinajstić information content (AvgIpc) is 2.95. The monoisotopic (exact) mass is 513 g/mol. The van der Waals surface area contributed by atoms with Crippen LogP contribution in [0.1, 0.15) is 86.6 Å². The molecule has 1 spiro atoms. The summed E-state index contributed by atoms with van der Waals surface area (Å²) in [6.45, 7) is 5.08. The number of carbonyl (C=O) groups is 2. The van der Waals surface area contributed by atoms with Crippen molar-refractivity contribution in [3.63, 3.8) is 0 Å². The number of piperidine rings is 1. The van der Waals surface area contributed by atoms with Crippen molar-refractivity contribution in [2.75, 3.05) is 19.6 Å². The van der Waals surface area contributed by atoms with Crippen LogP contribution in [0.2, 0.25) is 0 Å². The molecule has 1 saturated carbocycles. The molecule has 0 radical (unpaired) electrons. The zero-order chi connectivity index (χ0) is 26.5. The normalized spacial score (nSPS) is 21.7. The fraction of sp³-hybridized carbons (Fsp3) is 0.471. The van der Waals surface area contributed by atoms with Crippen molar-refractivity contribution in [1.82, 2.24) is 4.90 Å². The summed E-state index contributed by atoms with van der Waals surface area (Å²) in [6.07, 6.45) is 8.14. The summed E-state index contributed by atoms with van der Waals surface area (Å²) in [5, 5.41) is 2.28. The van der Waals surface area contributed by atoms with E-state index in [4.69, 9.17) is 0 Å². The molecule has 1 heterocycles. The lowest BCUT2D eigenvalue weighted by molar-refractivity contribution is -0.138. The van der Waals surface area contributed by atoms with Gasteiger partial charge in [-0.3, -0.25) is 9.59 Å². The molecule has 0 amide bonds.